The van der Waals surface area contributed by atoms with Crippen LogP contribution in [0.1, 0.15) is 245 Å². The molecule has 0 heterocycles. The van der Waals surface area contributed by atoms with Gasteiger partial charge in [0.05, 0.1) is 33.8 Å². The molecule has 0 radical (unpaired) electrons. The number of nitrogens with one attached hydrogen (secondary N) is 1. The van der Waals surface area contributed by atoms with Crippen LogP contribution in [0, 0.1) is 0 Å². The zero-order valence-corrected chi connectivity index (χ0v) is 44.8. The summed E-state index contributed by atoms with van der Waals surface area (Å²) in [6, 6.07) is -0.849. The predicted molar refractivity (Wildman–Crippen MR) is 282 cm³/mol. The second-order valence-electron chi connectivity index (χ2n) is 19.8. The Morgan fingerprint density at radius 2 is 0.970 bits per heavy atom. The first kappa shape index (κ1) is 64.0. The highest BCUT2D eigenvalue weighted by Crippen LogP contribution is 2.43. The Kier molecular flexibility index (Phi) is 45.3. The number of esters is 1. The van der Waals surface area contributed by atoms with Gasteiger partial charge in [0.1, 0.15) is 19.3 Å². The fraction of sp³-hybridized carbons (Fsp3) is 0.821. The third kappa shape index (κ3) is 47.1. The molecule has 3 atom stereocenters. The van der Waals surface area contributed by atoms with Crippen LogP contribution in [0.5, 0.6) is 0 Å². The van der Waals surface area contributed by atoms with E-state index in [2.05, 4.69) is 62.5 Å². The summed E-state index contributed by atoms with van der Waals surface area (Å²) in [7, 11) is 1.49. The number of rotatable bonds is 49. The standard InChI is InChI=1S/C56H105N2O7P/c1-7-10-13-16-19-22-25-28-29-31-34-37-40-43-46-49-56(60)65-54(47-44-41-38-35-32-27-24-21-18-15-12-9-3)53(52-64-66(61,62)63-51-50-58(4,5)6)57-55(59)48-45-42-39-36-33-30-26-23-20-17-14-11-8-2/h10,13,16,19,22,25,44,47,53-54H,7-9,11-12,14-15,17-18,20-21,23-24,26-43,45-46,48-52H2,1-6H3,(H-,57,59,61,62)/p+1/b13-10+,19-16+,25-22+,47-44+. The molecule has 0 rings (SSSR count). The average Bonchev–Trinajstić information content (AvgIpc) is 3.27. The van der Waals surface area contributed by atoms with E-state index in [0.29, 0.717) is 17.4 Å². The smallest absolute Gasteiger partial charge is 0.456 e. The van der Waals surface area contributed by atoms with Crippen molar-refractivity contribution >= 4 is 19.7 Å². The Labute approximate surface area is 408 Å². The van der Waals surface area contributed by atoms with E-state index in [9.17, 15) is 19.0 Å². The van der Waals surface area contributed by atoms with E-state index in [4.69, 9.17) is 13.8 Å². The quantitative estimate of drug-likeness (QED) is 0.0156. The lowest BCUT2D eigenvalue weighted by Gasteiger charge is -2.27. The number of unbranched alkanes of at least 4 members (excludes halogenated alkanes) is 29. The number of likely N-dealkylation sites (N-methyl/N-ethyl adjacent to an activating group) is 1. The van der Waals surface area contributed by atoms with Crippen LogP contribution in [0.3, 0.4) is 0 Å². The number of ether oxygens (including phenoxy) is 1. The molecule has 10 heteroatoms. The van der Waals surface area contributed by atoms with E-state index in [1.165, 1.54) is 135 Å². The molecule has 0 aromatic heterocycles. The Morgan fingerprint density at radius 3 is 1.44 bits per heavy atom. The fourth-order valence-electron chi connectivity index (χ4n) is 7.82. The molecule has 0 aliphatic carbocycles. The summed E-state index contributed by atoms with van der Waals surface area (Å²) < 4.78 is 30.5. The summed E-state index contributed by atoms with van der Waals surface area (Å²) in [4.78, 5) is 37.5. The van der Waals surface area contributed by atoms with E-state index in [-0.39, 0.29) is 31.5 Å². The number of nitrogens with zero attached hydrogens (tertiary/aromatic N) is 1. The zero-order valence-electron chi connectivity index (χ0n) is 43.9. The summed E-state index contributed by atoms with van der Waals surface area (Å²) in [6.45, 7) is 6.87. The van der Waals surface area contributed by atoms with Gasteiger partial charge in [-0.25, -0.2) is 4.57 Å². The van der Waals surface area contributed by atoms with Gasteiger partial charge in [-0.3, -0.25) is 18.6 Å². The van der Waals surface area contributed by atoms with Crippen molar-refractivity contribution in [2.75, 3.05) is 40.9 Å². The SMILES string of the molecule is CC/C=C/C=C/C=C/CCCCCCCCCC(=O)OC(/C=C/CCCCCCCCCCCC)C(COP(=O)(O)OCC[N+](C)(C)C)NC(=O)CCCCCCCCCCCCCCC. The molecule has 0 aromatic rings. The minimum absolute atomic E-state index is 0.0388. The van der Waals surface area contributed by atoms with Crippen molar-refractivity contribution in [3.63, 3.8) is 0 Å². The number of hydrogen-bond acceptors (Lipinski definition) is 6. The molecule has 386 valence electrons. The molecule has 66 heavy (non-hydrogen) atoms. The molecule has 0 aliphatic heterocycles. The third-order valence-electron chi connectivity index (χ3n) is 12.1. The normalized spacial score (nSPS) is 14.2. The van der Waals surface area contributed by atoms with Gasteiger partial charge >= 0.3 is 13.8 Å². The summed E-state index contributed by atoms with van der Waals surface area (Å²) in [5.74, 6) is -0.515. The molecule has 0 aromatic carbocycles. The van der Waals surface area contributed by atoms with Crippen LogP contribution in [-0.2, 0) is 27.9 Å². The van der Waals surface area contributed by atoms with Gasteiger partial charge in [0.15, 0.2) is 0 Å². The first-order valence-corrected chi connectivity index (χ1v) is 29.0. The van der Waals surface area contributed by atoms with Crippen LogP contribution in [0.4, 0.5) is 0 Å². The Balaban J connectivity index is 5.40. The molecule has 3 unspecified atom stereocenters. The van der Waals surface area contributed by atoms with Crippen LogP contribution in [0.15, 0.2) is 48.6 Å². The summed E-state index contributed by atoms with van der Waals surface area (Å²) in [5, 5.41) is 3.04. The number of phosphoric ester groups is 1. The van der Waals surface area contributed by atoms with Gasteiger partial charge in [0.25, 0.3) is 0 Å². The number of quaternary nitrogens is 1. The first-order chi connectivity index (χ1) is 31.9. The molecule has 0 fully saturated rings. The number of amides is 1. The molecule has 2 N–H and O–H groups in total. The van der Waals surface area contributed by atoms with E-state index in [0.717, 1.165) is 77.0 Å². The van der Waals surface area contributed by atoms with Gasteiger partial charge in [-0.1, -0.05) is 230 Å². The number of phosphoric acid groups is 1. The predicted octanol–water partition coefficient (Wildman–Crippen LogP) is 16.2. The number of carbonyl (C=O) groups excluding carboxylic acids is 2. The monoisotopic (exact) mass is 950 g/mol. The Morgan fingerprint density at radius 1 is 0.545 bits per heavy atom. The van der Waals surface area contributed by atoms with Crippen LogP contribution in [0.2, 0.25) is 0 Å². The van der Waals surface area contributed by atoms with E-state index < -0.39 is 20.0 Å². The van der Waals surface area contributed by atoms with Crippen molar-refractivity contribution in [1.82, 2.24) is 5.32 Å². The lowest BCUT2D eigenvalue weighted by molar-refractivity contribution is -0.870. The lowest BCUT2D eigenvalue weighted by Crippen LogP contribution is -2.47. The van der Waals surface area contributed by atoms with Crippen LogP contribution >= 0.6 is 7.82 Å². The van der Waals surface area contributed by atoms with E-state index in [1.807, 2.05) is 33.3 Å². The fourth-order valence-corrected chi connectivity index (χ4v) is 8.56. The van der Waals surface area contributed by atoms with E-state index >= 15 is 0 Å². The second-order valence-corrected chi connectivity index (χ2v) is 21.2. The van der Waals surface area contributed by atoms with Gasteiger partial charge in [0, 0.05) is 12.8 Å². The lowest BCUT2D eigenvalue weighted by atomic mass is 10.0. The molecule has 0 bridgehead atoms. The molecule has 0 saturated heterocycles. The molecule has 0 aliphatic rings. The maximum atomic E-state index is 13.5. The minimum atomic E-state index is -4.44. The average molecular weight is 950 g/mol. The Hall–Kier alpha value is -2.03. The van der Waals surface area contributed by atoms with Gasteiger partial charge in [-0.05, 0) is 51.0 Å². The van der Waals surface area contributed by atoms with Gasteiger partial charge in [0.2, 0.25) is 5.91 Å². The zero-order chi connectivity index (χ0) is 48.7. The number of carbonyl (C=O) groups is 2. The molecule has 0 saturated carbocycles. The highest BCUT2D eigenvalue weighted by Gasteiger charge is 2.30. The van der Waals surface area contributed by atoms with Crippen molar-refractivity contribution < 1.29 is 37.3 Å². The largest absolute Gasteiger partial charge is 0.472 e. The maximum absolute atomic E-state index is 13.5. The van der Waals surface area contributed by atoms with Crippen LogP contribution < -0.4 is 5.32 Å². The van der Waals surface area contributed by atoms with Gasteiger partial charge < -0.3 is 19.4 Å². The van der Waals surface area contributed by atoms with E-state index in [1.54, 1.807) is 0 Å². The second kappa shape index (κ2) is 46.7. The molecular formula is C56H106N2O7P+. The minimum Gasteiger partial charge on any atom is -0.456 e. The maximum Gasteiger partial charge on any atom is 0.472 e. The van der Waals surface area contributed by atoms with Crippen LogP contribution in [-0.4, -0.2) is 74.3 Å². The van der Waals surface area contributed by atoms with Crippen molar-refractivity contribution in [2.24, 2.45) is 0 Å². The van der Waals surface area contributed by atoms with Crippen molar-refractivity contribution in [3.8, 4) is 0 Å². The van der Waals surface area contributed by atoms with Crippen molar-refractivity contribution in [1.29, 1.82) is 0 Å². The number of hydrogen-bond donors (Lipinski definition) is 2. The topological polar surface area (TPSA) is 111 Å². The number of allylic oxidation sites excluding steroid dienone is 7. The summed E-state index contributed by atoms with van der Waals surface area (Å²) in [6.07, 6.45) is 55.2. The summed E-state index contributed by atoms with van der Waals surface area (Å²) in [5.41, 5.74) is 0. The van der Waals surface area contributed by atoms with Gasteiger partial charge in [-0.2, -0.15) is 0 Å². The highest BCUT2D eigenvalue weighted by molar-refractivity contribution is 7.47. The molecule has 9 nitrogen and oxygen atoms in total. The molecular weight excluding hydrogens is 844 g/mol. The third-order valence-corrected chi connectivity index (χ3v) is 13.1. The van der Waals surface area contributed by atoms with Crippen molar-refractivity contribution in [3.05, 3.63) is 48.6 Å². The van der Waals surface area contributed by atoms with Gasteiger partial charge in [-0.15, -0.1) is 0 Å². The Bertz CT molecular complexity index is 1280. The van der Waals surface area contributed by atoms with Crippen molar-refractivity contribution in [2.45, 2.75) is 258 Å². The first-order valence-electron chi connectivity index (χ1n) is 27.5. The molecule has 0 spiro atoms. The molecule has 1 amide bonds. The highest BCUT2D eigenvalue weighted by atomic mass is 31.2. The summed E-state index contributed by atoms with van der Waals surface area (Å²) >= 11 is 0. The van der Waals surface area contributed by atoms with Crippen LogP contribution in [0.25, 0.3) is 0 Å².